The smallest absolute Gasteiger partial charge is 0.461 e. The van der Waals surface area contributed by atoms with Gasteiger partial charge in [0.1, 0.15) is 23.8 Å². The summed E-state index contributed by atoms with van der Waals surface area (Å²) in [6, 6.07) is 12.6. The third-order valence-corrected chi connectivity index (χ3v) is 3.16. The average molecular weight is 385 g/mol. The zero-order chi connectivity index (χ0) is 20.4. The molecule has 1 aliphatic heterocycles. The standard InChI is InChI=1S/C16H11F4NO2.2C2H6/c17-15(18)16(19,20)23-11-5-3-4-10(8-11)13-9-22-14-7-2-1-6-12(14)21-13;2*1-2/h1-8,15H,9H2;2*1-2H3. The molecule has 1 aliphatic rings. The third kappa shape index (κ3) is 5.98. The van der Waals surface area contributed by atoms with E-state index in [1.807, 2.05) is 27.7 Å². The Morgan fingerprint density at radius 3 is 2.33 bits per heavy atom. The van der Waals surface area contributed by atoms with E-state index in [1.165, 1.54) is 18.2 Å². The maximum atomic E-state index is 13.0. The summed E-state index contributed by atoms with van der Waals surface area (Å²) in [6.45, 7) is 8.14. The minimum absolute atomic E-state index is 0.145. The van der Waals surface area contributed by atoms with Crippen molar-refractivity contribution in [3.63, 3.8) is 0 Å². The number of fused-ring (bicyclic) bond motifs is 1. The van der Waals surface area contributed by atoms with Crippen LogP contribution in [0.2, 0.25) is 0 Å². The number of halogens is 4. The van der Waals surface area contributed by atoms with Crippen LogP contribution in [-0.2, 0) is 0 Å². The van der Waals surface area contributed by atoms with E-state index in [9.17, 15) is 17.6 Å². The summed E-state index contributed by atoms with van der Waals surface area (Å²) in [4.78, 5) is 4.39. The highest BCUT2D eigenvalue weighted by Crippen LogP contribution is 2.32. The van der Waals surface area contributed by atoms with Crippen LogP contribution in [0.15, 0.2) is 53.5 Å². The molecule has 0 saturated heterocycles. The molecule has 0 aromatic heterocycles. The van der Waals surface area contributed by atoms with Crippen molar-refractivity contribution in [3.05, 3.63) is 54.1 Å². The molecule has 0 bridgehead atoms. The van der Waals surface area contributed by atoms with E-state index in [0.717, 1.165) is 0 Å². The van der Waals surface area contributed by atoms with Gasteiger partial charge in [-0.05, 0) is 24.3 Å². The first-order valence-electron chi connectivity index (χ1n) is 8.70. The van der Waals surface area contributed by atoms with Crippen molar-refractivity contribution < 1.29 is 27.0 Å². The van der Waals surface area contributed by atoms with Crippen molar-refractivity contribution in [1.29, 1.82) is 0 Å². The molecule has 0 amide bonds. The summed E-state index contributed by atoms with van der Waals surface area (Å²) in [5.41, 5.74) is 1.56. The summed E-state index contributed by atoms with van der Waals surface area (Å²) in [7, 11) is 0. The number of rotatable bonds is 4. The highest BCUT2D eigenvalue weighted by Gasteiger charge is 2.44. The van der Waals surface area contributed by atoms with Crippen LogP contribution >= 0.6 is 0 Å². The minimum Gasteiger partial charge on any atom is -0.485 e. The lowest BCUT2D eigenvalue weighted by Crippen LogP contribution is -2.33. The number of hydrogen-bond acceptors (Lipinski definition) is 3. The average Bonchev–Trinajstić information content (AvgIpc) is 2.70. The topological polar surface area (TPSA) is 30.8 Å². The Morgan fingerprint density at radius 1 is 1.00 bits per heavy atom. The van der Waals surface area contributed by atoms with Gasteiger partial charge in [0, 0.05) is 5.56 Å². The zero-order valence-corrected chi connectivity index (χ0v) is 15.7. The predicted molar refractivity (Wildman–Crippen MR) is 98.9 cm³/mol. The Kier molecular flexibility index (Phi) is 8.78. The van der Waals surface area contributed by atoms with Gasteiger partial charge in [0.2, 0.25) is 0 Å². The van der Waals surface area contributed by atoms with E-state index >= 15 is 0 Å². The van der Waals surface area contributed by atoms with E-state index in [-0.39, 0.29) is 12.4 Å². The minimum atomic E-state index is -4.55. The van der Waals surface area contributed by atoms with Crippen LogP contribution in [0.25, 0.3) is 0 Å². The lowest BCUT2D eigenvalue weighted by Gasteiger charge is -2.19. The molecule has 0 radical (unpaired) electrons. The van der Waals surface area contributed by atoms with Crippen molar-refractivity contribution in [3.8, 4) is 11.5 Å². The first-order chi connectivity index (χ1) is 13.0. The SMILES string of the molecule is CC.CC.FC(F)C(F)(F)Oc1cccc(C2=Nc3ccccc3OC2)c1. The number of alkyl halides is 4. The van der Waals surface area contributed by atoms with Crippen LogP contribution in [0.1, 0.15) is 33.3 Å². The van der Waals surface area contributed by atoms with Gasteiger partial charge in [0.25, 0.3) is 0 Å². The molecule has 7 heteroatoms. The summed E-state index contributed by atoms with van der Waals surface area (Å²) in [5.74, 6) is 0.252. The molecule has 0 fully saturated rings. The number of aliphatic imine (C=N–C) groups is 1. The normalized spacial score (nSPS) is 12.4. The molecule has 0 N–H and O–H groups in total. The first-order valence-corrected chi connectivity index (χ1v) is 8.70. The van der Waals surface area contributed by atoms with Crippen LogP contribution in [0.3, 0.4) is 0 Å². The second-order valence-electron chi connectivity index (χ2n) is 4.81. The highest BCUT2D eigenvalue weighted by molar-refractivity contribution is 6.04. The van der Waals surface area contributed by atoms with E-state index in [0.29, 0.717) is 22.7 Å². The first kappa shape index (κ1) is 22.5. The van der Waals surface area contributed by atoms with Gasteiger partial charge < -0.3 is 9.47 Å². The van der Waals surface area contributed by atoms with Crippen LogP contribution in [0.4, 0.5) is 23.2 Å². The molecule has 3 rings (SSSR count). The third-order valence-electron chi connectivity index (χ3n) is 3.16. The van der Waals surface area contributed by atoms with Crippen molar-refractivity contribution in [1.82, 2.24) is 0 Å². The monoisotopic (exact) mass is 385 g/mol. The molecule has 0 unspecified atom stereocenters. The van der Waals surface area contributed by atoms with Gasteiger partial charge in [0.05, 0.1) is 5.71 Å². The van der Waals surface area contributed by atoms with Gasteiger partial charge in [-0.2, -0.15) is 17.6 Å². The molecule has 148 valence electrons. The quantitative estimate of drug-likeness (QED) is 0.563. The highest BCUT2D eigenvalue weighted by atomic mass is 19.3. The van der Waals surface area contributed by atoms with Gasteiger partial charge >= 0.3 is 12.5 Å². The molecule has 2 aromatic carbocycles. The molecule has 27 heavy (non-hydrogen) atoms. The fourth-order valence-corrected chi connectivity index (χ4v) is 2.08. The summed E-state index contributed by atoms with van der Waals surface area (Å²) in [6.07, 6.45) is -8.45. The van der Waals surface area contributed by atoms with Crippen LogP contribution in [0, 0.1) is 0 Å². The molecule has 0 atom stereocenters. The van der Waals surface area contributed by atoms with Gasteiger partial charge in [-0.15, -0.1) is 0 Å². The van der Waals surface area contributed by atoms with Crippen LogP contribution in [-0.4, -0.2) is 24.9 Å². The molecule has 2 aromatic rings. The van der Waals surface area contributed by atoms with Gasteiger partial charge in [-0.1, -0.05) is 52.0 Å². The Balaban J connectivity index is 0.000000855. The largest absolute Gasteiger partial charge is 0.485 e. The van der Waals surface area contributed by atoms with Gasteiger partial charge in [0.15, 0.2) is 0 Å². The van der Waals surface area contributed by atoms with E-state index in [4.69, 9.17) is 4.74 Å². The second kappa shape index (κ2) is 10.5. The molecular weight excluding hydrogens is 362 g/mol. The van der Waals surface area contributed by atoms with Gasteiger partial charge in [-0.3, -0.25) is 0 Å². The predicted octanol–water partition coefficient (Wildman–Crippen LogP) is 6.49. The Morgan fingerprint density at radius 2 is 1.67 bits per heavy atom. The fourth-order valence-electron chi connectivity index (χ4n) is 2.08. The molecule has 0 aliphatic carbocycles. The number of nitrogens with zero attached hydrogens (tertiary/aromatic N) is 1. The Labute approximate surface area is 156 Å². The number of para-hydroxylation sites is 2. The van der Waals surface area contributed by atoms with Crippen LogP contribution in [0.5, 0.6) is 11.5 Å². The summed E-state index contributed by atoms with van der Waals surface area (Å²) >= 11 is 0. The van der Waals surface area contributed by atoms with E-state index < -0.39 is 12.5 Å². The number of benzene rings is 2. The van der Waals surface area contributed by atoms with Crippen molar-refractivity contribution >= 4 is 11.4 Å². The van der Waals surface area contributed by atoms with Gasteiger partial charge in [-0.25, -0.2) is 4.99 Å². The molecule has 0 spiro atoms. The number of ether oxygens (including phenoxy) is 2. The van der Waals surface area contributed by atoms with Crippen molar-refractivity contribution in [2.75, 3.05) is 6.61 Å². The molecular formula is C20H23F4NO2. The fraction of sp³-hybridized carbons (Fsp3) is 0.350. The van der Waals surface area contributed by atoms with Crippen molar-refractivity contribution in [2.45, 2.75) is 40.2 Å². The summed E-state index contributed by atoms with van der Waals surface area (Å²) in [5, 5.41) is 0. The maximum Gasteiger partial charge on any atom is 0.461 e. The van der Waals surface area contributed by atoms with Crippen molar-refractivity contribution in [2.24, 2.45) is 4.99 Å². The molecule has 1 heterocycles. The maximum absolute atomic E-state index is 13.0. The number of hydrogen-bond donors (Lipinski definition) is 0. The second-order valence-corrected chi connectivity index (χ2v) is 4.81. The molecule has 0 saturated carbocycles. The van der Waals surface area contributed by atoms with Crippen LogP contribution < -0.4 is 9.47 Å². The Bertz CT molecular complexity index is 748. The van der Waals surface area contributed by atoms with E-state index in [2.05, 4.69) is 9.73 Å². The lowest BCUT2D eigenvalue weighted by molar-refractivity contribution is -0.253. The summed E-state index contributed by atoms with van der Waals surface area (Å²) < 4.78 is 60.0. The molecule has 3 nitrogen and oxygen atoms in total. The Hall–Kier alpha value is -2.57. The van der Waals surface area contributed by atoms with E-state index in [1.54, 1.807) is 30.3 Å². The lowest BCUT2D eigenvalue weighted by atomic mass is 10.1. The zero-order valence-electron chi connectivity index (χ0n) is 15.7.